The number of benzene rings is 1. The van der Waals surface area contributed by atoms with E-state index in [1.807, 2.05) is 13.0 Å². The van der Waals surface area contributed by atoms with Crippen LogP contribution >= 0.6 is 0 Å². The van der Waals surface area contributed by atoms with E-state index in [0.29, 0.717) is 29.8 Å². The third kappa shape index (κ3) is 3.88. The van der Waals surface area contributed by atoms with E-state index in [0.717, 1.165) is 12.0 Å². The molecule has 1 unspecified atom stereocenters. The van der Waals surface area contributed by atoms with Gasteiger partial charge >= 0.3 is 0 Å². The Balaban J connectivity index is 1.81. The summed E-state index contributed by atoms with van der Waals surface area (Å²) in [6.07, 6.45) is 4.47. The van der Waals surface area contributed by atoms with E-state index in [2.05, 4.69) is 20.9 Å². The molecule has 0 aliphatic carbocycles. The molecule has 7 heteroatoms. The Bertz CT molecular complexity index is 836. The lowest BCUT2D eigenvalue weighted by atomic mass is 10.0. The second-order valence-electron chi connectivity index (χ2n) is 6.15. The van der Waals surface area contributed by atoms with E-state index < -0.39 is 6.04 Å². The highest BCUT2D eigenvalue weighted by atomic mass is 16.2. The zero-order valence-corrected chi connectivity index (χ0v) is 14.4. The first-order valence-corrected chi connectivity index (χ1v) is 8.46. The average Bonchev–Trinajstić information content (AvgIpc) is 2.65. The molecule has 7 nitrogen and oxygen atoms in total. The number of piperidine rings is 1. The third-order valence-corrected chi connectivity index (χ3v) is 4.29. The highest BCUT2D eigenvalue weighted by Crippen LogP contribution is 2.22. The smallest absolute Gasteiger partial charge is 0.255 e. The van der Waals surface area contributed by atoms with Crippen molar-refractivity contribution in [3.8, 4) is 0 Å². The molecule has 1 aromatic heterocycles. The van der Waals surface area contributed by atoms with E-state index in [1.54, 1.807) is 24.3 Å². The van der Waals surface area contributed by atoms with Gasteiger partial charge in [-0.1, -0.05) is 12.1 Å². The maximum absolute atomic E-state index is 12.7. The number of carbonyl (C=O) groups excluding carboxylic acids is 3. The Morgan fingerprint density at radius 3 is 2.65 bits per heavy atom. The Kier molecular flexibility index (Phi) is 5.26. The van der Waals surface area contributed by atoms with Crippen LogP contribution in [0.4, 0.5) is 5.69 Å². The number of nitrogens with zero attached hydrogens (tertiary/aromatic N) is 1. The summed E-state index contributed by atoms with van der Waals surface area (Å²) in [6.45, 7) is 2.44. The Morgan fingerprint density at radius 1 is 1.15 bits per heavy atom. The normalized spacial score (nSPS) is 16.5. The fourth-order valence-electron chi connectivity index (χ4n) is 2.86. The second kappa shape index (κ2) is 7.77. The van der Waals surface area contributed by atoms with Crippen molar-refractivity contribution in [3.05, 3.63) is 59.4 Å². The largest absolute Gasteiger partial charge is 0.354 e. The predicted molar refractivity (Wildman–Crippen MR) is 96.9 cm³/mol. The topological polar surface area (TPSA) is 100 Å². The molecule has 1 fully saturated rings. The molecule has 2 heterocycles. The summed E-state index contributed by atoms with van der Waals surface area (Å²) in [6, 6.07) is 7.82. The van der Waals surface area contributed by atoms with Crippen LogP contribution in [0.2, 0.25) is 0 Å². The van der Waals surface area contributed by atoms with Gasteiger partial charge in [0.15, 0.2) is 0 Å². The van der Waals surface area contributed by atoms with Crippen LogP contribution < -0.4 is 16.0 Å². The Hall–Kier alpha value is -3.22. The van der Waals surface area contributed by atoms with E-state index >= 15 is 0 Å². The lowest BCUT2D eigenvalue weighted by molar-refractivity contribution is -0.124. The molecule has 3 N–H and O–H groups in total. The molecular formula is C19H20N4O3. The van der Waals surface area contributed by atoms with Gasteiger partial charge in [-0.25, -0.2) is 0 Å². The minimum atomic E-state index is -0.555. The van der Waals surface area contributed by atoms with E-state index in [9.17, 15) is 14.4 Å². The standard InChI is InChI=1S/C19H20N4O3/c1-12-4-2-5-14(18(25)22-15-6-3-9-21-19(15)26)16(12)23-17(24)13-7-10-20-11-8-13/h2,4-5,7-8,10-11,15H,3,6,9H2,1H3,(H,21,26)(H,22,25)(H,23,24). The molecule has 0 saturated carbocycles. The maximum Gasteiger partial charge on any atom is 0.255 e. The molecule has 1 aliphatic rings. The van der Waals surface area contributed by atoms with Crippen molar-refractivity contribution in [1.29, 1.82) is 0 Å². The summed E-state index contributed by atoms with van der Waals surface area (Å²) in [4.78, 5) is 40.9. The van der Waals surface area contributed by atoms with E-state index in [1.165, 1.54) is 12.4 Å². The third-order valence-electron chi connectivity index (χ3n) is 4.29. The van der Waals surface area contributed by atoms with Gasteiger partial charge in [0.25, 0.3) is 11.8 Å². The number of rotatable bonds is 4. The summed E-state index contributed by atoms with van der Waals surface area (Å²) in [5.74, 6) is -0.897. The summed E-state index contributed by atoms with van der Waals surface area (Å²) in [5.41, 5.74) is 1.96. The van der Waals surface area contributed by atoms with Crippen molar-refractivity contribution in [3.63, 3.8) is 0 Å². The predicted octanol–water partition coefficient (Wildman–Crippen LogP) is 1.65. The van der Waals surface area contributed by atoms with E-state index in [-0.39, 0.29) is 17.7 Å². The molecule has 3 amide bonds. The molecular weight excluding hydrogens is 332 g/mol. The van der Waals surface area contributed by atoms with Crippen LogP contribution in [0, 0.1) is 6.92 Å². The Labute approximate surface area is 151 Å². The molecule has 3 rings (SSSR count). The van der Waals surface area contributed by atoms with Crippen LogP contribution in [0.5, 0.6) is 0 Å². The van der Waals surface area contributed by atoms with Gasteiger partial charge in [-0.2, -0.15) is 0 Å². The molecule has 2 aromatic rings. The summed E-state index contributed by atoms with van der Waals surface area (Å²) in [5, 5.41) is 8.29. The first-order chi connectivity index (χ1) is 12.6. The van der Waals surface area contributed by atoms with Crippen molar-refractivity contribution in [2.75, 3.05) is 11.9 Å². The van der Waals surface area contributed by atoms with Gasteiger partial charge < -0.3 is 16.0 Å². The molecule has 134 valence electrons. The summed E-state index contributed by atoms with van der Waals surface area (Å²) >= 11 is 0. The zero-order valence-electron chi connectivity index (χ0n) is 14.4. The molecule has 1 saturated heterocycles. The summed E-state index contributed by atoms with van der Waals surface area (Å²) in [7, 11) is 0. The van der Waals surface area contributed by atoms with Crippen LogP contribution in [-0.4, -0.2) is 35.3 Å². The number of amides is 3. The zero-order chi connectivity index (χ0) is 18.5. The van der Waals surface area contributed by atoms with Gasteiger partial charge in [0.2, 0.25) is 5.91 Å². The molecule has 0 bridgehead atoms. The highest BCUT2D eigenvalue weighted by molar-refractivity contribution is 6.10. The number of hydrogen-bond acceptors (Lipinski definition) is 4. The fourth-order valence-corrected chi connectivity index (χ4v) is 2.86. The van der Waals surface area contributed by atoms with Crippen molar-refractivity contribution < 1.29 is 14.4 Å². The van der Waals surface area contributed by atoms with Crippen LogP contribution in [0.1, 0.15) is 39.1 Å². The minimum absolute atomic E-state index is 0.181. The summed E-state index contributed by atoms with van der Waals surface area (Å²) < 4.78 is 0. The fraction of sp³-hybridized carbons (Fsp3) is 0.263. The minimum Gasteiger partial charge on any atom is -0.354 e. The van der Waals surface area contributed by atoms with Gasteiger partial charge in [-0.3, -0.25) is 19.4 Å². The van der Waals surface area contributed by atoms with Gasteiger partial charge in [0.05, 0.1) is 11.3 Å². The van der Waals surface area contributed by atoms with Crippen LogP contribution in [0.15, 0.2) is 42.7 Å². The molecule has 26 heavy (non-hydrogen) atoms. The molecule has 1 aromatic carbocycles. The van der Waals surface area contributed by atoms with Gasteiger partial charge in [-0.05, 0) is 43.5 Å². The van der Waals surface area contributed by atoms with Crippen molar-refractivity contribution in [2.45, 2.75) is 25.8 Å². The lowest BCUT2D eigenvalue weighted by Crippen LogP contribution is -2.50. The highest BCUT2D eigenvalue weighted by Gasteiger charge is 2.25. The number of pyridine rings is 1. The van der Waals surface area contributed by atoms with E-state index in [4.69, 9.17) is 0 Å². The average molecular weight is 352 g/mol. The molecule has 1 atom stereocenters. The molecule has 0 spiro atoms. The molecule has 1 aliphatic heterocycles. The number of para-hydroxylation sites is 1. The number of nitrogens with one attached hydrogen (secondary N) is 3. The quantitative estimate of drug-likeness (QED) is 0.779. The first-order valence-electron chi connectivity index (χ1n) is 8.46. The molecule has 0 radical (unpaired) electrons. The van der Waals surface area contributed by atoms with Crippen LogP contribution in [0.25, 0.3) is 0 Å². The van der Waals surface area contributed by atoms with Crippen molar-refractivity contribution >= 4 is 23.4 Å². The van der Waals surface area contributed by atoms with Gasteiger partial charge in [0.1, 0.15) is 6.04 Å². The monoisotopic (exact) mass is 352 g/mol. The number of aromatic nitrogens is 1. The van der Waals surface area contributed by atoms with Gasteiger partial charge in [-0.15, -0.1) is 0 Å². The second-order valence-corrected chi connectivity index (χ2v) is 6.15. The number of aryl methyl sites for hydroxylation is 1. The van der Waals surface area contributed by atoms with Crippen molar-refractivity contribution in [1.82, 2.24) is 15.6 Å². The lowest BCUT2D eigenvalue weighted by Gasteiger charge is -2.23. The Morgan fingerprint density at radius 2 is 1.92 bits per heavy atom. The number of hydrogen-bond donors (Lipinski definition) is 3. The SMILES string of the molecule is Cc1cccc(C(=O)NC2CCCNC2=O)c1NC(=O)c1ccncc1. The van der Waals surface area contributed by atoms with Crippen LogP contribution in [-0.2, 0) is 4.79 Å². The first kappa shape index (κ1) is 17.6. The number of carbonyl (C=O) groups is 3. The van der Waals surface area contributed by atoms with Crippen molar-refractivity contribution in [2.24, 2.45) is 0 Å². The van der Waals surface area contributed by atoms with Gasteiger partial charge in [0, 0.05) is 24.5 Å². The van der Waals surface area contributed by atoms with Crippen LogP contribution in [0.3, 0.4) is 0 Å². The maximum atomic E-state index is 12.7. The number of anilines is 1.